The molecular formula is C66H48N2OSi. The highest BCUT2D eigenvalue weighted by molar-refractivity contribution is 7.03. The standard InChI is InChI=1S/C66H48N2OSi/c1-70(2)63-35-19-29-56-51(42-43-57(65(56)63)55-41-40-50(44-64(55)70)67(48-24-10-5-11-25-48)59-31-15-12-26-52(59)45-20-6-3-7-21-45)47-36-38-49(39-37-47)68(60-32-16-13-27-53(60)46-22-8-4-9-23-46)61-33-18-30-58-54-28-14-17-34-62(54)69-66(58)61/h3-44H,1-2H3. The highest BCUT2D eigenvalue weighted by Gasteiger charge is 2.36. The largest absolute Gasteiger partial charge is 0.454 e. The maximum Gasteiger partial charge on any atom is 0.159 e. The Labute approximate surface area is 409 Å². The molecule has 1 aliphatic rings. The molecular weight excluding hydrogens is 865 g/mol. The maximum atomic E-state index is 6.71. The summed E-state index contributed by atoms with van der Waals surface area (Å²) in [6.07, 6.45) is 0. The van der Waals surface area contributed by atoms with Crippen LogP contribution in [0.5, 0.6) is 0 Å². The first-order chi connectivity index (χ1) is 34.5. The van der Waals surface area contributed by atoms with Gasteiger partial charge in [0.2, 0.25) is 0 Å². The van der Waals surface area contributed by atoms with Gasteiger partial charge in [-0.05, 0) is 115 Å². The lowest BCUT2D eigenvalue weighted by Gasteiger charge is -2.36. The van der Waals surface area contributed by atoms with Gasteiger partial charge in [0.1, 0.15) is 13.7 Å². The summed E-state index contributed by atoms with van der Waals surface area (Å²) in [5, 5.41) is 7.81. The van der Waals surface area contributed by atoms with E-state index >= 15 is 0 Å². The zero-order valence-corrected chi connectivity index (χ0v) is 40.1. The Morgan fingerprint density at radius 1 is 0.314 bits per heavy atom. The summed E-state index contributed by atoms with van der Waals surface area (Å²) in [6.45, 7) is 5.06. The van der Waals surface area contributed by atoms with Gasteiger partial charge in [0.15, 0.2) is 5.58 Å². The lowest BCUT2D eigenvalue weighted by Crippen LogP contribution is -2.56. The fraction of sp³-hybridized carbons (Fsp3) is 0.0303. The van der Waals surface area contributed by atoms with Crippen LogP contribution < -0.4 is 20.2 Å². The van der Waals surface area contributed by atoms with E-state index in [1.165, 1.54) is 60.2 Å². The van der Waals surface area contributed by atoms with Crippen molar-refractivity contribution in [2.45, 2.75) is 13.1 Å². The van der Waals surface area contributed by atoms with E-state index in [9.17, 15) is 0 Å². The number of furan rings is 1. The molecule has 0 atom stereocenters. The van der Waals surface area contributed by atoms with Gasteiger partial charge in [0.05, 0.1) is 17.1 Å². The second-order valence-corrected chi connectivity index (χ2v) is 23.1. The van der Waals surface area contributed by atoms with Gasteiger partial charge in [-0.15, -0.1) is 0 Å². The van der Waals surface area contributed by atoms with Crippen LogP contribution >= 0.6 is 0 Å². The molecule has 3 nitrogen and oxygen atoms in total. The number of rotatable bonds is 9. The van der Waals surface area contributed by atoms with Gasteiger partial charge in [-0.25, -0.2) is 0 Å². The van der Waals surface area contributed by atoms with Crippen LogP contribution in [0.2, 0.25) is 13.1 Å². The molecule has 0 fully saturated rings. The van der Waals surface area contributed by atoms with Gasteiger partial charge in [-0.3, -0.25) is 0 Å². The van der Waals surface area contributed by atoms with Crippen LogP contribution in [0.1, 0.15) is 0 Å². The van der Waals surface area contributed by atoms with Crippen LogP contribution in [-0.4, -0.2) is 8.07 Å². The molecule has 332 valence electrons. The van der Waals surface area contributed by atoms with Crippen molar-refractivity contribution in [3.8, 4) is 44.5 Å². The molecule has 0 unspecified atom stereocenters. The average Bonchev–Trinajstić information content (AvgIpc) is 3.81. The van der Waals surface area contributed by atoms with Crippen molar-refractivity contribution in [3.63, 3.8) is 0 Å². The molecule has 1 aromatic heterocycles. The smallest absolute Gasteiger partial charge is 0.159 e. The minimum absolute atomic E-state index is 0.864. The highest BCUT2D eigenvalue weighted by Crippen LogP contribution is 2.47. The van der Waals surface area contributed by atoms with Gasteiger partial charge < -0.3 is 14.2 Å². The van der Waals surface area contributed by atoms with Crippen LogP contribution in [0.25, 0.3) is 77.2 Å². The molecule has 11 aromatic carbocycles. The van der Waals surface area contributed by atoms with Gasteiger partial charge in [0, 0.05) is 39.0 Å². The molecule has 0 radical (unpaired) electrons. The summed E-state index contributed by atoms with van der Waals surface area (Å²) in [4.78, 5) is 4.81. The topological polar surface area (TPSA) is 19.6 Å². The van der Waals surface area contributed by atoms with E-state index in [2.05, 4.69) is 272 Å². The van der Waals surface area contributed by atoms with E-state index < -0.39 is 8.07 Å². The normalized spacial score (nSPS) is 12.5. The lowest BCUT2D eigenvalue weighted by molar-refractivity contribution is 0.669. The van der Waals surface area contributed by atoms with E-state index in [0.29, 0.717) is 0 Å². The molecule has 0 saturated carbocycles. The molecule has 4 heteroatoms. The van der Waals surface area contributed by atoms with Crippen LogP contribution in [0.15, 0.2) is 259 Å². The summed E-state index contributed by atoms with van der Waals surface area (Å²) >= 11 is 0. The molecule has 0 amide bonds. The van der Waals surface area contributed by atoms with Crippen LogP contribution in [-0.2, 0) is 0 Å². The van der Waals surface area contributed by atoms with Crippen molar-refractivity contribution in [1.82, 2.24) is 0 Å². The second kappa shape index (κ2) is 16.8. The molecule has 1 aliphatic heterocycles. The third kappa shape index (κ3) is 6.79. The van der Waals surface area contributed by atoms with E-state index in [0.717, 1.165) is 61.5 Å². The predicted octanol–water partition coefficient (Wildman–Crippen LogP) is 17.5. The Hall–Kier alpha value is -8.70. The Morgan fingerprint density at radius 2 is 0.814 bits per heavy atom. The fourth-order valence-electron chi connectivity index (χ4n) is 11.1. The Bertz CT molecular complexity index is 3920. The first-order valence-corrected chi connectivity index (χ1v) is 27.2. The molecule has 13 rings (SSSR count). The van der Waals surface area contributed by atoms with E-state index in [4.69, 9.17) is 4.42 Å². The maximum absolute atomic E-state index is 6.71. The third-order valence-electron chi connectivity index (χ3n) is 14.5. The summed E-state index contributed by atoms with van der Waals surface area (Å²) in [6, 6.07) is 92.6. The minimum atomic E-state index is -2.25. The summed E-state index contributed by atoms with van der Waals surface area (Å²) in [5.41, 5.74) is 18.1. The van der Waals surface area contributed by atoms with Crippen molar-refractivity contribution in [2.24, 2.45) is 0 Å². The van der Waals surface area contributed by atoms with Gasteiger partial charge >= 0.3 is 0 Å². The summed E-state index contributed by atoms with van der Waals surface area (Å²) in [5.74, 6) is 0. The van der Waals surface area contributed by atoms with Crippen molar-refractivity contribution in [3.05, 3.63) is 255 Å². The molecule has 12 aromatic rings. The molecule has 0 aliphatic carbocycles. The SMILES string of the molecule is C[Si]1(C)c2cc(N(c3ccccc3)c3ccccc3-c3ccccc3)ccc2-c2ccc(-c3ccc(N(c4ccccc4-c4ccccc4)c4cccc5c4oc4ccccc45)cc3)c3cccc1c23. The van der Waals surface area contributed by atoms with Crippen molar-refractivity contribution in [1.29, 1.82) is 0 Å². The molecule has 0 N–H and O–H groups in total. The lowest BCUT2D eigenvalue weighted by atomic mass is 9.91. The minimum Gasteiger partial charge on any atom is -0.454 e. The fourth-order valence-corrected chi connectivity index (χ4v) is 14.2. The number of benzene rings is 11. The highest BCUT2D eigenvalue weighted by atomic mass is 28.3. The molecule has 2 heterocycles. The van der Waals surface area contributed by atoms with E-state index in [1.807, 2.05) is 6.07 Å². The quantitative estimate of drug-likeness (QED) is 0.135. The van der Waals surface area contributed by atoms with Crippen LogP contribution in [0.4, 0.5) is 34.1 Å². The average molecular weight is 913 g/mol. The number of anilines is 6. The Morgan fingerprint density at radius 3 is 1.53 bits per heavy atom. The second-order valence-electron chi connectivity index (χ2n) is 18.8. The van der Waals surface area contributed by atoms with Crippen LogP contribution in [0, 0.1) is 0 Å². The van der Waals surface area contributed by atoms with Gasteiger partial charge in [-0.2, -0.15) is 0 Å². The first kappa shape index (κ1) is 41.5. The van der Waals surface area contributed by atoms with Crippen molar-refractivity contribution >= 4 is 85.3 Å². The Balaban J connectivity index is 0.930. The zero-order chi connectivity index (χ0) is 46.8. The number of nitrogens with zero attached hydrogens (tertiary/aromatic N) is 2. The molecule has 0 bridgehead atoms. The van der Waals surface area contributed by atoms with E-state index in [1.54, 1.807) is 0 Å². The number of hydrogen-bond acceptors (Lipinski definition) is 3. The first-order valence-electron chi connectivity index (χ1n) is 24.2. The van der Waals surface area contributed by atoms with Crippen LogP contribution in [0.3, 0.4) is 0 Å². The molecule has 0 saturated heterocycles. The molecule has 0 spiro atoms. The van der Waals surface area contributed by atoms with E-state index in [-0.39, 0.29) is 0 Å². The number of para-hydroxylation sites is 5. The monoisotopic (exact) mass is 912 g/mol. The van der Waals surface area contributed by atoms with Gasteiger partial charge in [0.25, 0.3) is 0 Å². The third-order valence-corrected chi connectivity index (χ3v) is 18.0. The number of hydrogen-bond donors (Lipinski definition) is 0. The molecule has 70 heavy (non-hydrogen) atoms. The summed E-state index contributed by atoms with van der Waals surface area (Å²) in [7, 11) is -2.25. The number of fused-ring (bicyclic) bond motifs is 5. The van der Waals surface area contributed by atoms with Crippen molar-refractivity contribution in [2.75, 3.05) is 9.80 Å². The predicted molar refractivity (Wildman–Crippen MR) is 299 cm³/mol. The zero-order valence-electron chi connectivity index (χ0n) is 39.1. The van der Waals surface area contributed by atoms with Crippen molar-refractivity contribution < 1.29 is 4.42 Å². The van der Waals surface area contributed by atoms with Gasteiger partial charge in [-0.1, -0.05) is 207 Å². The Kier molecular flexibility index (Phi) is 9.96. The summed E-state index contributed by atoms with van der Waals surface area (Å²) < 4.78 is 6.71.